The average Bonchev–Trinajstić information content (AvgIpc) is 3.14. The highest BCUT2D eigenvalue weighted by atomic mass is 19.1. The summed E-state index contributed by atoms with van der Waals surface area (Å²) in [6.45, 7) is 1.89. The van der Waals surface area contributed by atoms with E-state index in [1.807, 2.05) is 0 Å². The van der Waals surface area contributed by atoms with Crippen LogP contribution in [0.5, 0.6) is 5.75 Å². The highest BCUT2D eigenvalue weighted by Crippen LogP contribution is 2.43. The van der Waals surface area contributed by atoms with Gasteiger partial charge in [-0.1, -0.05) is 18.2 Å². The molecule has 0 aromatic heterocycles. The Morgan fingerprint density at radius 2 is 1.60 bits per heavy atom. The lowest BCUT2D eigenvalue weighted by molar-refractivity contribution is -0.132. The highest BCUT2D eigenvalue weighted by molar-refractivity contribution is 6.51. The summed E-state index contributed by atoms with van der Waals surface area (Å²) in [5.41, 5.74) is 0.564. The number of ether oxygens (including phenoxy) is 2. The second-order valence-electron chi connectivity index (χ2n) is 7.69. The summed E-state index contributed by atoms with van der Waals surface area (Å²) < 4.78 is 25.1. The molecular weight excluding hydrogens is 453 g/mol. The predicted molar refractivity (Wildman–Crippen MR) is 127 cm³/mol. The summed E-state index contributed by atoms with van der Waals surface area (Å²) in [6, 6.07) is 16.6. The third-order valence-electron chi connectivity index (χ3n) is 5.66. The van der Waals surface area contributed by atoms with Gasteiger partial charge >= 0.3 is 5.97 Å². The fourth-order valence-electron chi connectivity index (χ4n) is 3.97. The van der Waals surface area contributed by atoms with Crippen molar-refractivity contribution in [3.05, 3.63) is 101 Å². The maximum Gasteiger partial charge on any atom is 0.338 e. The average molecular weight is 475 g/mol. The van der Waals surface area contributed by atoms with Crippen molar-refractivity contribution in [3.63, 3.8) is 0 Å². The molecule has 1 fully saturated rings. The summed E-state index contributed by atoms with van der Waals surface area (Å²) >= 11 is 0. The van der Waals surface area contributed by atoms with E-state index in [0.717, 1.165) is 4.90 Å². The smallest absolute Gasteiger partial charge is 0.338 e. The second kappa shape index (κ2) is 9.80. The molecule has 7 nitrogen and oxygen atoms in total. The maximum absolute atomic E-state index is 14.9. The van der Waals surface area contributed by atoms with Crippen molar-refractivity contribution in [1.82, 2.24) is 0 Å². The molecule has 178 valence electrons. The first-order valence-corrected chi connectivity index (χ1v) is 10.8. The van der Waals surface area contributed by atoms with Crippen molar-refractivity contribution in [2.24, 2.45) is 0 Å². The van der Waals surface area contributed by atoms with E-state index < -0.39 is 35.3 Å². The molecule has 1 amide bonds. The molecule has 0 bridgehead atoms. The van der Waals surface area contributed by atoms with Gasteiger partial charge in [-0.2, -0.15) is 0 Å². The lowest BCUT2D eigenvalue weighted by Gasteiger charge is -2.26. The van der Waals surface area contributed by atoms with E-state index in [2.05, 4.69) is 0 Å². The number of methoxy groups -OCH3 is 1. The number of anilines is 1. The van der Waals surface area contributed by atoms with Crippen molar-refractivity contribution < 1.29 is 33.4 Å². The number of nitrogens with zero attached hydrogens (tertiary/aromatic N) is 1. The van der Waals surface area contributed by atoms with Crippen LogP contribution in [0.1, 0.15) is 34.5 Å². The zero-order valence-corrected chi connectivity index (χ0v) is 19.0. The molecule has 0 radical (unpaired) electrons. The van der Waals surface area contributed by atoms with Crippen LogP contribution in [0.2, 0.25) is 0 Å². The van der Waals surface area contributed by atoms with E-state index in [4.69, 9.17) is 9.47 Å². The monoisotopic (exact) mass is 475 g/mol. The fraction of sp³-hybridized carbons (Fsp3) is 0.148. The lowest BCUT2D eigenvalue weighted by atomic mass is 9.94. The maximum atomic E-state index is 14.9. The Morgan fingerprint density at radius 1 is 0.971 bits per heavy atom. The third-order valence-corrected chi connectivity index (χ3v) is 5.66. The van der Waals surface area contributed by atoms with Gasteiger partial charge in [-0.05, 0) is 61.5 Å². The first-order valence-electron chi connectivity index (χ1n) is 10.8. The zero-order chi connectivity index (χ0) is 25.1. The van der Waals surface area contributed by atoms with Crippen LogP contribution in [0.4, 0.5) is 10.1 Å². The molecule has 0 unspecified atom stereocenters. The summed E-state index contributed by atoms with van der Waals surface area (Å²) in [4.78, 5) is 39.4. The predicted octanol–water partition coefficient (Wildman–Crippen LogP) is 4.64. The van der Waals surface area contributed by atoms with Gasteiger partial charge in [-0.15, -0.1) is 0 Å². The Balaban J connectivity index is 1.86. The number of halogens is 1. The number of carbonyl (C=O) groups is 3. The Bertz CT molecular complexity index is 1310. The Kier molecular flexibility index (Phi) is 6.64. The van der Waals surface area contributed by atoms with Crippen molar-refractivity contribution >= 4 is 29.1 Å². The van der Waals surface area contributed by atoms with Gasteiger partial charge in [0, 0.05) is 16.8 Å². The summed E-state index contributed by atoms with van der Waals surface area (Å²) in [6.07, 6.45) is 0. The molecule has 3 aromatic carbocycles. The first-order chi connectivity index (χ1) is 16.9. The van der Waals surface area contributed by atoms with Crippen LogP contribution in [0.3, 0.4) is 0 Å². The summed E-state index contributed by atoms with van der Waals surface area (Å²) in [5, 5.41) is 11.1. The van der Waals surface area contributed by atoms with E-state index in [9.17, 15) is 23.9 Å². The first kappa shape index (κ1) is 23.7. The minimum atomic E-state index is -1.23. The number of esters is 1. The van der Waals surface area contributed by atoms with Crippen molar-refractivity contribution in [3.8, 4) is 5.75 Å². The van der Waals surface area contributed by atoms with Crippen LogP contribution in [0.15, 0.2) is 78.4 Å². The van der Waals surface area contributed by atoms with Crippen LogP contribution >= 0.6 is 0 Å². The molecule has 8 heteroatoms. The van der Waals surface area contributed by atoms with Crippen molar-refractivity contribution in [2.75, 3.05) is 18.6 Å². The normalized spacial score (nSPS) is 16.9. The Morgan fingerprint density at radius 3 is 2.20 bits per heavy atom. The quantitative estimate of drug-likeness (QED) is 0.242. The minimum absolute atomic E-state index is 0.0382. The number of amides is 1. The minimum Gasteiger partial charge on any atom is -0.507 e. The van der Waals surface area contributed by atoms with Gasteiger partial charge in [0.2, 0.25) is 0 Å². The van der Waals surface area contributed by atoms with Crippen molar-refractivity contribution in [2.45, 2.75) is 13.0 Å². The topological polar surface area (TPSA) is 93.1 Å². The highest BCUT2D eigenvalue weighted by Gasteiger charge is 2.47. The molecular formula is C27H22FNO6. The standard InChI is InChI=1S/C27H22FNO6/c1-3-35-27(33)17-8-12-18(13-9-17)29-23(20-6-4-5-7-21(20)28)22(25(31)26(29)32)24(30)16-10-14-19(34-2)15-11-16/h4-15,23,30H,3H2,1-2H3/b24-22+/t23-/m1/s1. The van der Waals surface area contributed by atoms with Crippen LogP contribution in [0.25, 0.3) is 5.76 Å². The molecule has 1 N–H and O–H groups in total. The molecule has 4 rings (SSSR count). The fourth-order valence-corrected chi connectivity index (χ4v) is 3.97. The summed E-state index contributed by atoms with van der Waals surface area (Å²) in [7, 11) is 1.49. The van der Waals surface area contributed by atoms with E-state index in [1.165, 1.54) is 61.7 Å². The summed E-state index contributed by atoms with van der Waals surface area (Å²) in [5.74, 6) is -2.98. The molecule has 1 aliphatic rings. The zero-order valence-electron chi connectivity index (χ0n) is 19.0. The number of hydrogen-bond acceptors (Lipinski definition) is 6. The van der Waals surface area contributed by atoms with E-state index in [0.29, 0.717) is 5.75 Å². The number of ketones is 1. The van der Waals surface area contributed by atoms with Gasteiger partial charge in [-0.25, -0.2) is 9.18 Å². The molecule has 1 saturated heterocycles. The van der Waals surface area contributed by atoms with E-state index in [1.54, 1.807) is 25.1 Å². The molecule has 0 aliphatic carbocycles. The second-order valence-corrected chi connectivity index (χ2v) is 7.69. The number of benzene rings is 3. The van der Waals surface area contributed by atoms with Crippen molar-refractivity contribution in [1.29, 1.82) is 0 Å². The third kappa shape index (κ3) is 4.38. The van der Waals surface area contributed by atoms with Gasteiger partial charge in [0.25, 0.3) is 11.7 Å². The largest absolute Gasteiger partial charge is 0.507 e. The number of carbonyl (C=O) groups excluding carboxylic acids is 3. The Hall–Kier alpha value is -4.46. The van der Waals surface area contributed by atoms with Crippen LogP contribution in [-0.4, -0.2) is 36.5 Å². The van der Waals surface area contributed by atoms with Gasteiger partial charge in [-0.3, -0.25) is 14.5 Å². The van der Waals surface area contributed by atoms with Gasteiger partial charge in [0.1, 0.15) is 17.3 Å². The number of rotatable bonds is 6. The Labute approximate surface area is 201 Å². The number of Topliss-reactive ketones (excluding diaryl/α,β-unsaturated/α-hetero) is 1. The SMILES string of the molecule is CCOC(=O)c1ccc(N2C(=O)C(=O)/C(=C(/O)c3ccc(OC)cc3)[C@H]2c2ccccc2F)cc1. The lowest BCUT2D eigenvalue weighted by Crippen LogP contribution is -2.29. The number of aliphatic hydroxyl groups is 1. The molecule has 0 spiro atoms. The van der Waals surface area contributed by atoms with Crippen LogP contribution in [-0.2, 0) is 14.3 Å². The van der Waals surface area contributed by atoms with Crippen LogP contribution < -0.4 is 9.64 Å². The van der Waals surface area contributed by atoms with Gasteiger partial charge in [0.05, 0.1) is 30.9 Å². The van der Waals surface area contributed by atoms with E-state index >= 15 is 0 Å². The van der Waals surface area contributed by atoms with Gasteiger partial charge in [0.15, 0.2) is 0 Å². The van der Waals surface area contributed by atoms with Gasteiger partial charge < -0.3 is 14.6 Å². The van der Waals surface area contributed by atoms with Crippen LogP contribution in [0, 0.1) is 5.82 Å². The number of aliphatic hydroxyl groups excluding tert-OH is 1. The molecule has 35 heavy (non-hydrogen) atoms. The number of hydrogen-bond donors (Lipinski definition) is 1. The molecule has 1 atom stereocenters. The van der Waals surface area contributed by atoms with E-state index in [-0.39, 0.29) is 34.6 Å². The molecule has 1 aliphatic heterocycles. The molecule has 3 aromatic rings. The molecule has 1 heterocycles. The molecule has 0 saturated carbocycles.